The van der Waals surface area contributed by atoms with Gasteiger partial charge in [-0.05, 0) is 68.1 Å². The van der Waals surface area contributed by atoms with Crippen molar-refractivity contribution in [3.8, 4) is 11.8 Å². The van der Waals surface area contributed by atoms with Crippen LogP contribution in [0.25, 0.3) is 0 Å². The van der Waals surface area contributed by atoms with Crippen molar-refractivity contribution in [3.05, 3.63) is 70.8 Å². The van der Waals surface area contributed by atoms with Crippen LogP contribution in [-0.2, 0) is 16.0 Å². The van der Waals surface area contributed by atoms with E-state index < -0.39 is 30.4 Å². The van der Waals surface area contributed by atoms with E-state index in [1.54, 1.807) is 31.4 Å². The summed E-state index contributed by atoms with van der Waals surface area (Å²) in [6, 6.07) is 13.7. The van der Waals surface area contributed by atoms with Crippen LogP contribution in [0.5, 0.6) is 0 Å². The van der Waals surface area contributed by atoms with E-state index in [1.165, 1.54) is 12.5 Å². The van der Waals surface area contributed by atoms with E-state index in [0.29, 0.717) is 5.56 Å². The lowest BCUT2D eigenvalue weighted by Gasteiger charge is -2.19. The first-order valence-corrected chi connectivity index (χ1v) is 10.8. The molecule has 0 fully saturated rings. The van der Waals surface area contributed by atoms with Crippen molar-refractivity contribution >= 4 is 11.7 Å². The first kappa shape index (κ1) is 25.3. The fourth-order valence-electron chi connectivity index (χ4n) is 3.15. The molecule has 170 valence electrons. The lowest BCUT2D eigenvalue weighted by molar-refractivity contribution is -0.125. The van der Waals surface area contributed by atoms with Gasteiger partial charge < -0.3 is 20.3 Å². The van der Waals surface area contributed by atoms with Gasteiger partial charge in [0.2, 0.25) is 0 Å². The summed E-state index contributed by atoms with van der Waals surface area (Å²) in [5.41, 5.74) is 3.29. The fraction of sp³-hybridized carbons (Fsp3) is 0.385. The van der Waals surface area contributed by atoms with Gasteiger partial charge in [-0.1, -0.05) is 30.4 Å². The van der Waals surface area contributed by atoms with Crippen LogP contribution in [-0.4, -0.2) is 54.4 Å². The zero-order chi connectivity index (χ0) is 23.3. The number of unbranched alkanes of at least 4 members (excludes halogenated alkanes) is 2. The maximum Gasteiger partial charge on any atom is 0.251 e. The van der Waals surface area contributed by atoms with E-state index in [-0.39, 0.29) is 0 Å². The van der Waals surface area contributed by atoms with Crippen LogP contribution < -0.4 is 5.32 Å². The number of hydrogen-bond acceptors (Lipinski definition) is 5. The van der Waals surface area contributed by atoms with E-state index in [2.05, 4.69) is 29.3 Å². The molecule has 0 heterocycles. The van der Waals surface area contributed by atoms with Gasteiger partial charge in [0, 0.05) is 30.4 Å². The molecule has 0 aromatic heterocycles. The molecular formula is C26H31NO5. The second-order valence-corrected chi connectivity index (χ2v) is 7.64. The van der Waals surface area contributed by atoms with Gasteiger partial charge in [0.1, 0.15) is 12.6 Å². The number of methoxy groups -OCH3 is 1. The molecule has 0 radical (unpaired) electrons. The highest BCUT2D eigenvalue weighted by Gasteiger charge is 2.25. The van der Waals surface area contributed by atoms with Gasteiger partial charge in [0.15, 0.2) is 5.78 Å². The fourth-order valence-corrected chi connectivity index (χ4v) is 3.15. The third-order valence-corrected chi connectivity index (χ3v) is 5.04. The summed E-state index contributed by atoms with van der Waals surface area (Å²) in [5.74, 6) is 5.04. The van der Waals surface area contributed by atoms with Crippen molar-refractivity contribution in [1.29, 1.82) is 0 Å². The van der Waals surface area contributed by atoms with Crippen LogP contribution in [0.3, 0.4) is 0 Å². The van der Waals surface area contributed by atoms with Crippen LogP contribution in [0, 0.1) is 11.8 Å². The Labute approximate surface area is 189 Å². The number of carbonyl (C=O) groups is 2. The van der Waals surface area contributed by atoms with Gasteiger partial charge in [-0.3, -0.25) is 9.59 Å². The largest absolute Gasteiger partial charge is 0.391 e. The lowest BCUT2D eigenvalue weighted by Crippen LogP contribution is -2.48. The predicted molar refractivity (Wildman–Crippen MR) is 123 cm³/mol. The third-order valence-electron chi connectivity index (χ3n) is 5.04. The van der Waals surface area contributed by atoms with Crippen molar-refractivity contribution in [2.24, 2.45) is 0 Å². The summed E-state index contributed by atoms with van der Waals surface area (Å²) in [7, 11) is 1.72. The van der Waals surface area contributed by atoms with Crippen molar-refractivity contribution in [3.63, 3.8) is 0 Å². The predicted octanol–water partition coefficient (Wildman–Crippen LogP) is 2.49. The molecule has 2 aromatic rings. The minimum atomic E-state index is -1.15. The van der Waals surface area contributed by atoms with E-state index in [0.717, 1.165) is 43.4 Å². The molecule has 2 atom stereocenters. The molecule has 2 aromatic carbocycles. The Morgan fingerprint density at radius 3 is 2.09 bits per heavy atom. The Hall–Kier alpha value is -2.98. The first-order chi connectivity index (χ1) is 15.4. The van der Waals surface area contributed by atoms with Crippen molar-refractivity contribution in [2.75, 3.05) is 20.3 Å². The Morgan fingerprint density at radius 2 is 1.56 bits per heavy atom. The highest BCUT2D eigenvalue weighted by molar-refractivity contribution is 5.98. The van der Waals surface area contributed by atoms with Crippen molar-refractivity contribution < 1.29 is 24.5 Å². The summed E-state index contributed by atoms with van der Waals surface area (Å²) in [6.45, 7) is 1.44. The molecule has 3 N–H and O–H groups in total. The summed E-state index contributed by atoms with van der Waals surface area (Å²) in [4.78, 5) is 24.0. The molecule has 6 nitrogen and oxygen atoms in total. The number of amides is 1. The van der Waals surface area contributed by atoms with Gasteiger partial charge in [0.05, 0.1) is 6.10 Å². The number of aliphatic hydroxyl groups excluding tert-OH is 2. The number of ketones is 1. The zero-order valence-electron chi connectivity index (χ0n) is 18.6. The van der Waals surface area contributed by atoms with Crippen LogP contribution >= 0.6 is 0 Å². The topological polar surface area (TPSA) is 95.9 Å². The average Bonchev–Trinajstić information content (AvgIpc) is 2.81. The van der Waals surface area contributed by atoms with E-state index in [4.69, 9.17) is 9.84 Å². The summed E-state index contributed by atoms with van der Waals surface area (Å²) in [6.07, 6.45) is 3.32. The number of hydrogen-bond donors (Lipinski definition) is 3. The highest BCUT2D eigenvalue weighted by Crippen LogP contribution is 2.10. The standard InChI is InChI=1S/C26H31NO5/c1-19(29)25(24(30)18-28)27-26(31)23-15-13-22(14-16-23)12-11-21-9-7-20(8-10-21)6-4-3-5-17-32-2/h7-10,13-16,19,25,28-29H,3-6,17-18H2,1-2H3,(H,27,31)/t19-,25+/m1/s1. The number of ether oxygens (including phenoxy) is 1. The normalized spacial score (nSPS) is 12.4. The number of carbonyl (C=O) groups excluding carboxylic acids is 2. The molecule has 0 aliphatic carbocycles. The summed E-state index contributed by atoms with van der Waals surface area (Å²) in [5, 5.41) is 21.1. The molecule has 0 saturated heterocycles. The van der Waals surface area contributed by atoms with Crippen LogP contribution in [0.1, 0.15) is 53.2 Å². The van der Waals surface area contributed by atoms with Gasteiger partial charge in [0.25, 0.3) is 5.91 Å². The molecule has 0 spiro atoms. The quantitative estimate of drug-likeness (QED) is 0.371. The summed E-state index contributed by atoms with van der Waals surface area (Å²) < 4.78 is 5.06. The van der Waals surface area contributed by atoms with Crippen LogP contribution in [0.4, 0.5) is 0 Å². The van der Waals surface area contributed by atoms with Crippen molar-refractivity contribution in [2.45, 2.75) is 44.8 Å². The Bertz CT molecular complexity index is 923. The minimum absolute atomic E-state index is 0.335. The van der Waals surface area contributed by atoms with Gasteiger partial charge in [-0.2, -0.15) is 0 Å². The molecule has 0 aliphatic rings. The van der Waals surface area contributed by atoms with Crippen molar-refractivity contribution in [1.82, 2.24) is 5.32 Å². The second kappa shape index (κ2) is 13.4. The van der Waals surface area contributed by atoms with Crippen LogP contribution in [0.15, 0.2) is 48.5 Å². The average molecular weight is 438 g/mol. The minimum Gasteiger partial charge on any atom is -0.391 e. The van der Waals surface area contributed by atoms with Crippen LogP contribution in [0.2, 0.25) is 0 Å². The maximum absolute atomic E-state index is 12.3. The number of benzene rings is 2. The lowest BCUT2D eigenvalue weighted by atomic mass is 10.0. The number of aryl methyl sites for hydroxylation is 1. The molecule has 6 heteroatoms. The number of nitrogens with one attached hydrogen (secondary N) is 1. The third kappa shape index (κ3) is 8.27. The Morgan fingerprint density at radius 1 is 0.969 bits per heavy atom. The number of Topliss-reactive ketones (excluding diaryl/α,β-unsaturated/α-hetero) is 1. The highest BCUT2D eigenvalue weighted by atomic mass is 16.5. The number of aliphatic hydroxyl groups is 2. The molecule has 0 aliphatic heterocycles. The maximum atomic E-state index is 12.3. The van der Waals surface area contributed by atoms with Gasteiger partial charge in [-0.25, -0.2) is 0 Å². The molecule has 0 unspecified atom stereocenters. The summed E-state index contributed by atoms with van der Waals surface area (Å²) >= 11 is 0. The van der Waals surface area contributed by atoms with Gasteiger partial charge >= 0.3 is 0 Å². The molecule has 0 saturated carbocycles. The first-order valence-electron chi connectivity index (χ1n) is 10.8. The van der Waals surface area contributed by atoms with E-state index in [9.17, 15) is 14.7 Å². The second-order valence-electron chi connectivity index (χ2n) is 7.64. The van der Waals surface area contributed by atoms with E-state index in [1.807, 2.05) is 12.1 Å². The monoisotopic (exact) mass is 437 g/mol. The Balaban J connectivity index is 1.93. The SMILES string of the molecule is COCCCCCc1ccc(C#Cc2ccc(C(=O)N[C@H](C(=O)CO)[C@@H](C)O)cc2)cc1. The zero-order valence-corrected chi connectivity index (χ0v) is 18.6. The molecule has 1 amide bonds. The molecule has 2 rings (SSSR count). The molecular weight excluding hydrogens is 406 g/mol. The smallest absolute Gasteiger partial charge is 0.251 e. The molecule has 0 bridgehead atoms. The van der Waals surface area contributed by atoms with E-state index >= 15 is 0 Å². The Kier molecular flexibility index (Phi) is 10.6. The van der Waals surface area contributed by atoms with Gasteiger partial charge in [-0.15, -0.1) is 0 Å². The number of rotatable bonds is 11. The molecule has 32 heavy (non-hydrogen) atoms.